The molecule has 1 amide bonds. The Bertz CT molecular complexity index is 550. The van der Waals surface area contributed by atoms with Crippen LogP contribution in [0.4, 0.5) is 5.69 Å². The number of rotatable bonds is 6. The number of benzene rings is 1. The third kappa shape index (κ3) is 3.90. The number of nitrogens with zero attached hydrogens (tertiary/aromatic N) is 1. The number of nitrogens with one attached hydrogen (secondary N) is 1. The molecular formula is C13H18N2O3S. The van der Waals surface area contributed by atoms with Gasteiger partial charge in [0, 0.05) is 19.3 Å². The van der Waals surface area contributed by atoms with Crippen molar-refractivity contribution in [2.75, 3.05) is 18.9 Å². The van der Waals surface area contributed by atoms with E-state index in [-0.39, 0.29) is 10.8 Å². The highest BCUT2D eigenvalue weighted by Crippen LogP contribution is 2.17. The predicted octanol–water partition coefficient (Wildman–Crippen LogP) is 1.84. The maximum Gasteiger partial charge on any atom is 0.247 e. The third-order valence-electron chi connectivity index (χ3n) is 2.55. The van der Waals surface area contributed by atoms with Gasteiger partial charge in [-0.1, -0.05) is 13.5 Å². The summed E-state index contributed by atoms with van der Waals surface area (Å²) in [6.07, 6.45) is 1.91. The number of anilines is 1. The Morgan fingerprint density at radius 3 is 2.42 bits per heavy atom. The van der Waals surface area contributed by atoms with Crippen LogP contribution in [0.5, 0.6) is 0 Å². The first-order valence-electron chi connectivity index (χ1n) is 5.91. The van der Waals surface area contributed by atoms with Crippen LogP contribution >= 0.6 is 0 Å². The minimum absolute atomic E-state index is 0.208. The van der Waals surface area contributed by atoms with Gasteiger partial charge in [0.15, 0.2) is 0 Å². The molecule has 0 aromatic heterocycles. The molecule has 1 N–H and O–H groups in total. The Morgan fingerprint density at radius 1 is 1.37 bits per heavy atom. The van der Waals surface area contributed by atoms with Crippen molar-refractivity contribution in [1.82, 2.24) is 4.31 Å². The molecule has 0 aliphatic heterocycles. The Morgan fingerprint density at radius 2 is 1.95 bits per heavy atom. The molecule has 0 spiro atoms. The van der Waals surface area contributed by atoms with Crippen molar-refractivity contribution in [3.63, 3.8) is 0 Å². The van der Waals surface area contributed by atoms with Crippen LogP contribution < -0.4 is 5.32 Å². The molecule has 0 saturated carbocycles. The number of carbonyl (C=O) groups excluding carboxylic acids is 1. The summed E-state index contributed by atoms with van der Waals surface area (Å²) >= 11 is 0. The summed E-state index contributed by atoms with van der Waals surface area (Å²) in [5, 5.41) is 2.56. The molecule has 6 heteroatoms. The lowest BCUT2D eigenvalue weighted by atomic mass is 10.3. The van der Waals surface area contributed by atoms with Crippen LogP contribution in [-0.4, -0.2) is 32.2 Å². The van der Waals surface area contributed by atoms with Gasteiger partial charge in [0.05, 0.1) is 4.90 Å². The van der Waals surface area contributed by atoms with Crippen LogP contribution in [0.1, 0.15) is 13.3 Å². The fourth-order valence-corrected chi connectivity index (χ4v) is 2.78. The Balaban J connectivity index is 2.92. The summed E-state index contributed by atoms with van der Waals surface area (Å²) in [5.41, 5.74) is 0.530. The van der Waals surface area contributed by atoms with E-state index in [1.165, 1.54) is 16.4 Å². The lowest BCUT2D eigenvalue weighted by Gasteiger charge is -2.16. The summed E-state index contributed by atoms with van der Waals surface area (Å²) in [4.78, 5) is 11.3. The van der Waals surface area contributed by atoms with E-state index in [0.29, 0.717) is 12.2 Å². The Kier molecular flexibility index (Phi) is 5.26. The van der Waals surface area contributed by atoms with Crippen molar-refractivity contribution in [3.05, 3.63) is 36.9 Å². The van der Waals surface area contributed by atoms with Crippen molar-refractivity contribution in [2.24, 2.45) is 0 Å². The van der Waals surface area contributed by atoms with Gasteiger partial charge in [-0.15, -0.1) is 0 Å². The highest BCUT2D eigenvalue weighted by molar-refractivity contribution is 7.89. The standard InChI is InChI=1S/C13H18N2O3S/c1-4-10-15(3)19(17,18)12-8-6-11(7-9-12)14-13(16)5-2/h5-9H,2,4,10H2,1,3H3,(H,14,16). The average molecular weight is 282 g/mol. The molecule has 0 radical (unpaired) electrons. The molecule has 0 aliphatic rings. The Labute approximate surface area is 114 Å². The zero-order valence-electron chi connectivity index (χ0n) is 11.1. The molecule has 1 aromatic rings. The van der Waals surface area contributed by atoms with Gasteiger partial charge in [-0.05, 0) is 36.8 Å². The van der Waals surface area contributed by atoms with Crippen molar-refractivity contribution in [2.45, 2.75) is 18.2 Å². The number of hydrogen-bond acceptors (Lipinski definition) is 3. The third-order valence-corrected chi connectivity index (χ3v) is 4.43. The number of carbonyl (C=O) groups is 1. The normalized spacial score (nSPS) is 11.3. The Hall–Kier alpha value is -1.66. The number of sulfonamides is 1. The summed E-state index contributed by atoms with van der Waals surface area (Å²) < 4.78 is 25.6. The van der Waals surface area contributed by atoms with Crippen LogP contribution in [0.3, 0.4) is 0 Å². The summed E-state index contributed by atoms with van der Waals surface area (Å²) in [6.45, 7) is 5.73. The van der Waals surface area contributed by atoms with Gasteiger partial charge in [0.1, 0.15) is 0 Å². The topological polar surface area (TPSA) is 66.5 Å². The SMILES string of the molecule is C=CC(=O)Nc1ccc(S(=O)(=O)N(C)CCC)cc1. The second-order valence-corrected chi connectivity index (χ2v) is 6.09. The maximum absolute atomic E-state index is 12.1. The first kappa shape index (κ1) is 15.4. The second kappa shape index (κ2) is 6.49. The van der Waals surface area contributed by atoms with E-state index >= 15 is 0 Å². The molecule has 104 valence electrons. The van der Waals surface area contributed by atoms with Gasteiger partial charge in [-0.3, -0.25) is 4.79 Å². The molecule has 0 saturated heterocycles. The molecular weight excluding hydrogens is 264 g/mol. The maximum atomic E-state index is 12.1. The van der Waals surface area contributed by atoms with E-state index in [0.717, 1.165) is 12.5 Å². The monoisotopic (exact) mass is 282 g/mol. The number of amides is 1. The average Bonchev–Trinajstić information content (AvgIpc) is 2.39. The van der Waals surface area contributed by atoms with E-state index in [1.54, 1.807) is 19.2 Å². The van der Waals surface area contributed by atoms with Gasteiger partial charge < -0.3 is 5.32 Å². The lowest BCUT2D eigenvalue weighted by Crippen LogP contribution is -2.27. The van der Waals surface area contributed by atoms with E-state index < -0.39 is 10.0 Å². The highest BCUT2D eigenvalue weighted by Gasteiger charge is 2.19. The van der Waals surface area contributed by atoms with Crippen molar-refractivity contribution < 1.29 is 13.2 Å². The van der Waals surface area contributed by atoms with E-state index in [9.17, 15) is 13.2 Å². The molecule has 5 nitrogen and oxygen atoms in total. The predicted molar refractivity (Wildman–Crippen MR) is 75.4 cm³/mol. The molecule has 1 rings (SSSR count). The van der Waals surface area contributed by atoms with Gasteiger partial charge >= 0.3 is 0 Å². The lowest BCUT2D eigenvalue weighted by molar-refractivity contribution is -0.111. The van der Waals surface area contributed by atoms with Gasteiger partial charge in [-0.25, -0.2) is 12.7 Å². The van der Waals surface area contributed by atoms with Crippen molar-refractivity contribution >= 4 is 21.6 Å². The molecule has 0 bridgehead atoms. The van der Waals surface area contributed by atoms with Crippen LogP contribution in [0.25, 0.3) is 0 Å². The summed E-state index contributed by atoms with van der Waals surface area (Å²) in [6, 6.07) is 6.04. The van der Waals surface area contributed by atoms with Crippen LogP contribution in [0.2, 0.25) is 0 Å². The fourth-order valence-electron chi connectivity index (χ4n) is 1.52. The molecule has 0 heterocycles. The van der Waals surface area contributed by atoms with Crippen molar-refractivity contribution in [1.29, 1.82) is 0 Å². The zero-order valence-corrected chi connectivity index (χ0v) is 11.9. The van der Waals surface area contributed by atoms with Gasteiger partial charge in [-0.2, -0.15) is 0 Å². The van der Waals surface area contributed by atoms with E-state index in [2.05, 4.69) is 11.9 Å². The van der Waals surface area contributed by atoms with Crippen LogP contribution in [0, 0.1) is 0 Å². The minimum atomic E-state index is -3.45. The first-order chi connectivity index (χ1) is 8.91. The first-order valence-corrected chi connectivity index (χ1v) is 7.35. The summed E-state index contributed by atoms with van der Waals surface area (Å²) in [5.74, 6) is -0.335. The smallest absolute Gasteiger partial charge is 0.247 e. The largest absolute Gasteiger partial charge is 0.323 e. The van der Waals surface area contributed by atoms with Crippen LogP contribution in [-0.2, 0) is 14.8 Å². The molecule has 1 aromatic carbocycles. The van der Waals surface area contributed by atoms with Crippen LogP contribution in [0.15, 0.2) is 41.8 Å². The van der Waals surface area contributed by atoms with Crippen molar-refractivity contribution in [3.8, 4) is 0 Å². The molecule has 0 unspecified atom stereocenters. The van der Waals surface area contributed by atoms with Gasteiger partial charge in [0.2, 0.25) is 15.9 Å². The molecule has 19 heavy (non-hydrogen) atoms. The molecule has 0 fully saturated rings. The van der Waals surface area contributed by atoms with E-state index in [4.69, 9.17) is 0 Å². The van der Waals surface area contributed by atoms with Gasteiger partial charge in [0.25, 0.3) is 0 Å². The summed E-state index contributed by atoms with van der Waals surface area (Å²) in [7, 11) is -1.90. The quantitative estimate of drug-likeness (QED) is 0.810. The molecule has 0 aliphatic carbocycles. The van der Waals surface area contributed by atoms with E-state index in [1.807, 2.05) is 6.92 Å². The fraction of sp³-hybridized carbons (Fsp3) is 0.308. The zero-order chi connectivity index (χ0) is 14.5. The second-order valence-electron chi connectivity index (χ2n) is 4.04. The number of hydrogen-bond donors (Lipinski definition) is 1. The minimum Gasteiger partial charge on any atom is -0.323 e. The highest BCUT2D eigenvalue weighted by atomic mass is 32.2. The molecule has 0 atom stereocenters.